The van der Waals surface area contributed by atoms with Crippen LogP contribution in [0, 0.1) is 6.92 Å². The highest BCUT2D eigenvalue weighted by Gasteiger charge is 2.36. The summed E-state index contributed by atoms with van der Waals surface area (Å²) in [7, 11) is 0. The molecule has 0 saturated carbocycles. The number of hydrogen-bond donors (Lipinski definition) is 2. The van der Waals surface area contributed by atoms with E-state index < -0.39 is 17.7 Å². The van der Waals surface area contributed by atoms with E-state index in [0.29, 0.717) is 24.2 Å². The van der Waals surface area contributed by atoms with Crippen molar-refractivity contribution in [3.05, 3.63) is 34.9 Å². The van der Waals surface area contributed by atoms with Crippen molar-refractivity contribution in [2.75, 3.05) is 19.6 Å². The van der Waals surface area contributed by atoms with Gasteiger partial charge in [0.1, 0.15) is 6.54 Å². The normalized spacial score (nSPS) is 13.7. The van der Waals surface area contributed by atoms with Crippen molar-refractivity contribution in [2.45, 2.75) is 6.92 Å². The van der Waals surface area contributed by atoms with E-state index >= 15 is 0 Å². The summed E-state index contributed by atoms with van der Waals surface area (Å²) in [5.41, 5.74) is 6.87. The second kappa shape index (κ2) is 5.19. The van der Waals surface area contributed by atoms with Crippen LogP contribution in [-0.4, -0.2) is 42.3 Å². The predicted octanol–water partition coefficient (Wildman–Crippen LogP) is -0.334. The highest BCUT2D eigenvalue weighted by Crippen LogP contribution is 2.23. The van der Waals surface area contributed by atoms with Gasteiger partial charge in [0.05, 0.1) is 11.1 Å². The van der Waals surface area contributed by atoms with Gasteiger partial charge in [0.25, 0.3) is 11.8 Å². The van der Waals surface area contributed by atoms with Crippen molar-refractivity contribution < 1.29 is 14.4 Å². The van der Waals surface area contributed by atoms with E-state index in [1.54, 1.807) is 18.2 Å². The molecule has 0 atom stereocenters. The van der Waals surface area contributed by atoms with Crippen molar-refractivity contribution in [3.8, 4) is 0 Å². The quantitative estimate of drug-likeness (QED) is 0.726. The standard InChI is InChI=1S/C13H15N3O3/c1-8-2-3-9-10(6-8)13(19)16(12(9)18)7-11(17)15-5-4-14/h2-3,6H,4-5,7,14H2,1H3,(H,15,17). The summed E-state index contributed by atoms with van der Waals surface area (Å²) in [4.78, 5) is 36.6. The summed E-state index contributed by atoms with van der Waals surface area (Å²) < 4.78 is 0. The molecule has 0 radical (unpaired) electrons. The van der Waals surface area contributed by atoms with Gasteiger partial charge in [0, 0.05) is 13.1 Å². The minimum atomic E-state index is -0.428. The van der Waals surface area contributed by atoms with Gasteiger partial charge in [-0.2, -0.15) is 0 Å². The second-order valence-corrected chi connectivity index (χ2v) is 4.38. The Bertz CT molecular complexity index is 554. The van der Waals surface area contributed by atoms with E-state index in [0.717, 1.165) is 10.5 Å². The van der Waals surface area contributed by atoms with Gasteiger partial charge in [-0.3, -0.25) is 19.3 Å². The molecular weight excluding hydrogens is 246 g/mol. The molecule has 0 spiro atoms. The van der Waals surface area contributed by atoms with Gasteiger partial charge in [-0.1, -0.05) is 11.6 Å². The molecule has 1 aliphatic heterocycles. The van der Waals surface area contributed by atoms with E-state index in [1.165, 1.54) is 0 Å². The molecule has 3 amide bonds. The van der Waals surface area contributed by atoms with Gasteiger partial charge in [-0.25, -0.2) is 0 Å². The van der Waals surface area contributed by atoms with Gasteiger partial charge in [-0.05, 0) is 19.1 Å². The first-order valence-electron chi connectivity index (χ1n) is 5.98. The SMILES string of the molecule is Cc1ccc2c(c1)C(=O)N(CC(=O)NCCN)C2=O. The Hall–Kier alpha value is -2.21. The number of hydrogen-bond acceptors (Lipinski definition) is 4. The van der Waals surface area contributed by atoms with Crippen molar-refractivity contribution in [1.29, 1.82) is 0 Å². The first-order chi connectivity index (χ1) is 9.04. The van der Waals surface area contributed by atoms with Crippen LogP contribution in [0.2, 0.25) is 0 Å². The molecule has 1 heterocycles. The Labute approximate surface area is 110 Å². The summed E-state index contributed by atoms with van der Waals surface area (Å²) in [5.74, 6) is -1.24. The fourth-order valence-electron chi connectivity index (χ4n) is 1.96. The van der Waals surface area contributed by atoms with Gasteiger partial charge in [0.15, 0.2) is 0 Å². The number of nitrogens with two attached hydrogens (primary N) is 1. The molecule has 1 aromatic rings. The van der Waals surface area contributed by atoms with Gasteiger partial charge in [-0.15, -0.1) is 0 Å². The summed E-state index contributed by atoms with van der Waals surface area (Å²) in [5, 5.41) is 2.53. The van der Waals surface area contributed by atoms with Crippen molar-refractivity contribution in [3.63, 3.8) is 0 Å². The molecule has 0 fully saturated rings. The molecule has 0 saturated heterocycles. The van der Waals surface area contributed by atoms with E-state index in [2.05, 4.69) is 5.32 Å². The molecule has 100 valence electrons. The lowest BCUT2D eigenvalue weighted by Crippen LogP contribution is -2.41. The van der Waals surface area contributed by atoms with E-state index in [4.69, 9.17) is 5.73 Å². The van der Waals surface area contributed by atoms with Crippen LogP contribution in [0.4, 0.5) is 0 Å². The lowest BCUT2D eigenvalue weighted by molar-refractivity contribution is -0.121. The monoisotopic (exact) mass is 261 g/mol. The number of benzene rings is 1. The maximum atomic E-state index is 12.1. The third kappa shape index (κ3) is 2.48. The molecule has 3 N–H and O–H groups in total. The largest absolute Gasteiger partial charge is 0.353 e. The Morgan fingerprint density at radius 3 is 2.63 bits per heavy atom. The number of rotatable bonds is 4. The van der Waals surface area contributed by atoms with Crippen molar-refractivity contribution in [1.82, 2.24) is 10.2 Å². The van der Waals surface area contributed by atoms with Crippen LogP contribution in [0.3, 0.4) is 0 Å². The smallest absolute Gasteiger partial charge is 0.262 e. The lowest BCUT2D eigenvalue weighted by Gasteiger charge is -2.13. The number of nitrogens with one attached hydrogen (secondary N) is 1. The minimum absolute atomic E-state index is 0.272. The average molecular weight is 261 g/mol. The Kier molecular flexibility index (Phi) is 3.62. The zero-order chi connectivity index (χ0) is 14.0. The molecule has 6 heteroatoms. The topological polar surface area (TPSA) is 92.5 Å². The molecular formula is C13H15N3O3. The first-order valence-corrected chi connectivity index (χ1v) is 5.98. The maximum absolute atomic E-state index is 12.1. The molecule has 1 aromatic carbocycles. The number of fused-ring (bicyclic) bond motifs is 1. The predicted molar refractivity (Wildman–Crippen MR) is 68.6 cm³/mol. The number of amides is 3. The van der Waals surface area contributed by atoms with E-state index in [1.807, 2.05) is 6.92 Å². The van der Waals surface area contributed by atoms with Crippen LogP contribution in [0.5, 0.6) is 0 Å². The highest BCUT2D eigenvalue weighted by atomic mass is 16.2. The molecule has 0 bridgehead atoms. The molecule has 0 aliphatic carbocycles. The zero-order valence-electron chi connectivity index (χ0n) is 10.6. The molecule has 6 nitrogen and oxygen atoms in total. The fourth-order valence-corrected chi connectivity index (χ4v) is 1.96. The first kappa shape index (κ1) is 13.2. The van der Waals surface area contributed by atoms with Crippen molar-refractivity contribution >= 4 is 17.7 Å². The van der Waals surface area contributed by atoms with E-state index in [-0.39, 0.29) is 6.54 Å². The van der Waals surface area contributed by atoms with Gasteiger partial charge < -0.3 is 11.1 Å². The minimum Gasteiger partial charge on any atom is -0.353 e. The van der Waals surface area contributed by atoms with Crippen LogP contribution in [-0.2, 0) is 4.79 Å². The molecule has 19 heavy (non-hydrogen) atoms. The molecule has 2 rings (SSSR count). The lowest BCUT2D eigenvalue weighted by atomic mass is 10.1. The summed E-state index contributed by atoms with van der Waals surface area (Å²) in [6, 6.07) is 5.04. The average Bonchev–Trinajstić information content (AvgIpc) is 2.61. The number of carbonyl (C=O) groups excluding carboxylic acids is 3. The number of imide groups is 1. The number of nitrogens with zero attached hydrogens (tertiary/aromatic N) is 1. The molecule has 0 aromatic heterocycles. The van der Waals surface area contributed by atoms with Crippen LogP contribution in [0.25, 0.3) is 0 Å². The Balaban J connectivity index is 2.16. The van der Waals surface area contributed by atoms with E-state index in [9.17, 15) is 14.4 Å². The summed E-state index contributed by atoms with van der Waals surface area (Å²) in [6.45, 7) is 2.20. The number of carbonyl (C=O) groups is 3. The molecule has 0 unspecified atom stereocenters. The Morgan fingerprint density at radius 1 is 1.26 bits per heavy atom. The third-order valence-electron chi connectivity index (χ3n) is 2.89. The van der Waals surface area contributed by atoms with Crippen molar-refractivity contribution in [2.24, 2.45) is 5.73 Å². The summed E-state index contributed by atoms with van der Waals surface area (Å²) >= 11 is 0. The van der Waals surface area contributed by atoms with Crippen LogP contribution < -0.4 is 11.1 Å². The molecule has 1 aliphatic rings. The van der Waals surface area contributed by atoms with Crippen LogP contribution in [0.1, 0.15) is 26.3 Å². The second-order valence-electron chi connectivity index (χ2n) is 4.38. The van der Waals surface area contributed by atoms with Gasteiger partial charge >= 0.3 is 0 Å². The zero-order valence-corrected chi connectivity index (χ0v) is 10.6. The van der Waals surface area contributed by atoms with Gasteiger partial charge in [0.2, 0.25) is 5.91 Å². The highest BCUT2D eigenvalue weighted by molar-refractivity contribution is 6.22. The Morgan fingerprint density at radius 2 is 1.95 bits per heavy atom. The van der Waals surface area contributed by atoms with Crippen LogP contribution in [0.15, 0.2) is 18.2 Å². The maximum Gasteiger partial charge on any atom is 0.262 e. The van der Waals surface area contributed by atoms with Crippen LogP contribution >= 0.6 is 0 Å². The fraction of sp³-hybridized carbons (Fsp3) is 0.308. The summed E-state index contributed by atoms with van der Waals surface area (Å²) in [6.07, 6.45) is 0. The number of aryl methyl sites for hydroxylation is 1. The third-order valence-corrected chi connectivity index (χ3v) is 2.89.